The van der Waals surface area contributed by atoms with E-state index in [2.05, 4.69) is 176 Å². The molecular formula is C49H37N4O+. The third-order valence-electron chi connectivity index (χ3n) is 10.8. The average Bonchev–Trinajstić information content (AvgIpc) is 3.75. The number of hydrogen-bond acceptors (Lipinski definition) is 3. The van der Waals surface area contributed by atoms with Crippen LogP contribution in [0.5, 0.6) is 0 Å². The van der Waals surface area contributed by atoms with E-state index in [4.69, 9.17) is 14.4 Å². The number of nitrogens with zero attached hydrogens (tertiary/aromatic N) is 4. The summed E-state index contributed by atoms with van der Waals surface area (Å²) in [5.41, 5.74) is 11.4. The summed E-state index contributed by atoms with van der Waals surface area (Å²) in [5.74, 6) is 2.18. The molecule has 0 atom stereocenters. The molecule has 0 bridgehead atoms. The molecule has 0 N–H and O–H groups in total. The lowest BCUT2D eigenvalue weighted by Crippen LogP contribution is -2.39. The highest BCUT2D eigenvalue weighted by molar-refractivity contribution is 6.05. The van der Waals surface area contributed by atoms with Gasteiger partial charge < -0.3 is 4.42 Å². The van der Waals surface area contributed by atoms with Crippen molar-refractivity contribution in [2.24, 2.45) is 7.05 Å². The molecule has 1 aliphatic carbocycles. The van der Waals surface area contributed by atoms with Crippen LogP contribution < -0.4 is 4.57 Å². The normalized spacial score (nSPS) is 14.6. The molecule has 54 heavy (non-hydrogen) atoms. The van der Waals surface area contributed by atoms with Crippen LogP contribution in [0.3, 0.4) is 0 Å². The quantitative estimate of drug-likeness (QED) is 0.172. The molecule has 6 aromatic carbocycles. The number of fused-ring (bicyclic) bond motifs is 7. The van der Waals surface area contributed by atoms with Gasteiger partial charge in [-0.3, -0.25) is 0 Å². The highest BCUT2D eigenvalue weighted by atomic mass is 16.3. The minimum absolute atomic E-state index is 0.176. The summed E-state index contributed by atoms with van der Waals surface area (Å²) in [6.45, 7) is 4.57. The highest BCUT2D eigenvalue weighted by Crippen LogP contribution is 2.38. The van der Waals surface area contributed by atoms with Crippen LogP contribution in [0.4, 0.5) is 0 Å². The van der Waals surface area contributed by atoms with Gasteiger partial charge in [-0.2, -0.15) is 0 Å². The van der Waals surface area contributed by atoms with Gasteiger partial charge in [0.25, 0.3) is 5.82 Å². The van der Waals surface area contributed by atoms with Crippen molar-refractivity contribution in [3.05, 3.63) is 174 Å². The van der Waals surface area contributed by atoms with E-state index in [9.17, 15) is 0 Å². The zero-order valence-corrected chi connectivity index (χ0v) is 30.4. The lowest BCUT2D eigenvalue weighted by atomic mass is 9.81. The van der Waals surface area contributed by atoms with Gasteiger partial charge in [0.05, 0.1) is 7.05 Å². The SMILES string of the molecule is C[n+]1c(-c2cccc(-c3ccccc3)c2)nc(-c2ccc3c(c2)oc2ccccc23)nc1-n1c2c(c3ccccc31)/C=C/C(C)(C)c1ccccc1/C=C/2. The van der Waals surface area contributed by atoms with Gasteiger partial charge in [-0.25, -0.2) is 9.13 Å². The summed E-state index contributed by atoms with van der Waals surface area (Å²) in [6, 6.07) is 50.9. The molecule has 1 aliphatic rings. The molecule has 0 unspecified atom stereocenters. The molecule has 0 spiro atoms. The van der Waals surface area contributed by atoms with Gasteiger partial charge >= 0.3 is 5.95 Å². The van der Waals surface area contributed by atoms with Gasteiger partial charge in [0.2, 0.25) is 5.82 Å². The van der Waals surface area contributed by atoms with E-state index < -0.39 is 0 Å². The summed E-state index contributed by atoms with van der Waals surface area (Å²) in [4.78, 5) is 10.8. The van der Waals surface area contributed by atoms with Crippen molar-refractivity contribution in [1.82, 2.24) is 14.5 Å². The number of hydrogen-bond donors (Lipinski definition) is 0. The lowest BCUT2D eigenvalue weighted by Gasteiger charge is -2.23. The van der Waals surface area contributed by atoms with E-state index in [1.165, 1.54) is 11.1 Å². The molecule has 5 heteroatoms. The van der Waals surface area contributed by atoms with E-state index in [1.54, 1.807) is 0 Å². The molecule has 0 aliphatic heterocycles. The van der Waals surface area contributed by atoms with E-state index >= 15 is 0 Å². The zero-order valence-electron chi connectivity index (χ0n) is 30.4. The van der Waals surface area contributed by atoms with E-state index in [-0.39, 0.29) is 5.41 Å². The molecule has 9 aromatic rings. The average molecular weight is 698 g/mol. The van der Waals surface area contributed by atoms with Gasteiger partial charge in [-0.05, 0) is 70.8 Å². The van der Waals surface area contributed by atoms with E-state index in [0.29, 0.717) is 5.82 Å². The molecular weight excluding hydrogens is 661 g/mol. The number of benzene rings is 6. The zero-order chi connectivity index (χ0) is 36.4. The fourth-order valence-corrected chi connectivity index (χ4v) is 8.00. The molecule has 0 fully saturated rings. The number of rotatable bonds is 4. The minimum atomic E-state index is -0.176. The molecule has 0 radical (unpaired) electrons. The Morgan fingerprint density at radius 1 is 0.574 bits per heavy atom. The van der Waals surface area contributed by atoms with Crippen molar-refractivity contribution >= 4 is 51.1 Å². The summed E-state index contributed by atoms with van der Waals surface area (Å²) >= 11 is 0. The topological polar surface area (TPSA) is 47.7 Å². The molecule has 3 aromatic heterocycles. The third-order valence-corrected chi connectivity index (χ3v) is 10.8. The second kappa shape index (κ2) is 12.4. The fraction of sp³-hybridized carbons (Fsp3) is 0.0816. The first-order valence-electron chi connectivity index (χ1n) is 18.4. The first-order valence-corrected chi connectivity index (χ1v) is 18.4. The molecule has 10 rings (SSSR count). The summed E-state index contributed by atoms with van der Waals surface area (Å²) in [5, 5.41) is 3.32. The van der Waals surface area contributed by atoms with Crippen molar-refractivity contribution < 1.29 is 8.98 Å². The van der Waals surface area contributed by atoms with Gasteiger partial charge in [0.15, 0.2) is 0 Å². The Hall–Kier alpha value is -6.85. The standard InChI is InChI=1S/C49H37N4O/c1-49(2)29-28-38-37-19-8-11-22-42(37)53(43(38)27-25-33-16-7-10-21-41(33)49)48-51-46(35-24-26-40-39-20-9-12-23-44(39)54-45(40)31-35)50-47(52(48)3)36-18-13-17-34(30-36)32-14-5-4-6-15-32/h4-31H,1-3H3/q+1/b27-25+,29-28+. The minimum Gasteiger partial charge on any atom is -0.456 e. The molecule has 0 amide bonds. The Morgan fingerprint density at radius 2 is 1.30 bits per heavy atom. The van der Waals surface area contributed by atoms with Crippen molar-refractivity contribution in [3.63, 3.8) is 0 Å². The maximum Gasteiger partial charge on any atom is 0.362 e. The summed E-state index contributed by atoms with van der Waals surface area (Å²) in [7, 11) is 2.07. The Bertz CT molecular complexity index is 2980. The number of aromatic nitrogens is 4. The third kappa shape index (κ3) is 5.20. The van der Waals surface area contributed by atoms with Crippen molar-refractivity contribution in [3.8, 4) is 39.9 Å². The Kier molecular flexibility index (Phi) is 7.31. The predicted octanol–water partition coefficient (Wildman–Crippen LogP) is 11.6. The van der Waals surface area contributed by atoms with Crippen LogP contribution in [-0.2, 0) is 12.5 Å². The Balaban J connectivity index is 1.26. The highest BCUT2D eigenvalue weighted by Gasteiger charge is 2.29. The number of furan rings is 1. The fourth-order valence-electron chi connectivity index (χ4n) is 8.00. The maximum absolute atomic E-state index is 6.35. The molecule has 0 saturated carbocycles. The monoisotopic (exact) mass is 697 g/mol. The summed E-state index contributed by atoms with van der Waals surface area (Å²) in [6.07, 6.45) is 9.13. The Morgan fingerprint density at radius 3 is 2.19 bits per heavy atom. The second-order valence-electron chi connectivity index (χ2n) is 14.6. The van der Waals surface area contributed by atoms with Gasteiger partial charge in [-0.15, -0.1) is 4.98 Å². The lowest BCUT2D eigenvalue weighted by molar-refractivity contribution is -0.659. The molecule has 258 valence electrons. The second-order valence-corrected chi connectivity index (χ2v) is 14.6. The van der Waals surface area contributed by atoms with Gasteiger partial charge in [0, 0.05) is 38.3 Å². The largest absolute Gasteiger partial charge is 0.456 e. The van der Waals surface area contributed by atoms with Gasteiger partial charge in [0.1, 0.15) is 22.4 Å². The van der Waals surface area contributed by atoms with E-state index in [1.807, 2.05) is 24.3 Å². The van der Waals surface area contributed by atoms with Crippen LogP contribution >= 0.6 is 0 Å². The van der Waals surface area contributed by atoms with Crippen molar-refractivity contribution in [1.29, 1.82) is 0 Å². The maximum atomic E-state index is 6.35. The van der Waals surface area contributed by atoms with Crippen LogP contribution in [0.25, 0.3) is 90.9 Å². The van der Waals surface area contributed by atoms with Crippen LogP contribution in [0.15, 0.2) is 156 Å². The first-order chi connectivity index (χ1) is 26.4. The number of para-hydroxylation sites is 2. The Labute approximate surface area is 313 Å². The molecule has 3 heterocycles. The van der Waals surface area contributed by atoms with Crippen molar-refractivity contribution in [2.45, 2.75) is 19.3 Å². The van der Waals surface area contributed by atoms with Crippen molar-refractivity contribution in [2.75, 3.05) is 0 Å². The van der Waals surface area contributed by atoms with Crippen LogP contribution in [0.2, 0.25) is 0 Å². The van der Waals surface area contributed by atoms with Gasteiger partial charge in [-0.1, -0.05) is 140 Å². The van der Waals surface area contributed by atoms with E-state index in [0.717, 1.165) is 78.1 Å². The molecule has 5 nitrogen and oxygen atoms in total. The van der Waals surface area contributed by atoms with Crippen LogP contribution in [0, 0.1) is 0 Å². The molecule has 0 saturated heterocycles. The smallest absolute Gasteiger partial charge is 0.362 e. The number of allylic oxidation sites excluding steroid dienone is 1. The van der Waals surface area contributed by atoms with Crippen LogP contribution in [0.1, 0.15) is 36.2 Å². The summed E-state index contributed by atoms with van der Waals surface area (Å²) < 4.78 is 10.8. The first kappa shape index (κ1) is 31.9. The van der Waals surface area contributed by atoms with Crippen LogP contribution in [-0.4, -0.2) is 14.5 Å². The predicted molar refractivity (Wildman–Crippen MR) is 221 cm³/mol.